The van der Waals surface area contributed by atoms with Crippen molar-refractivity contribution in [2.45, 2.75) is 37.5 Å². The molecule has 1 aromatic rings. The van der Waals surface area contributed by atoms with Crippen LogP contribution in [0.2, 0.25) is 0 Å². The lowest BCUT2D eigenvalue weighted by Gasteiger charge is -2.13. The normalized spacial score (nSPS) is 26.2. The van der Waals surface area contributed by atoms with Crippen LogP contribution >= 0.6 is 11.8 Å². The van der Waals surface area contributed by atoms with E-state index >= 15 is 0 Å². The van der Waals surface area contributed by atoms with Gasteiger partial charge in [0.15, 0.2) is 0 Å². The number of nitrogens with one attached hydrogen (secondary N) is 2. The molecule has 0 bridgehead atoms. The van der Waals surface area contributed by atoms with Gasteiger partial charge in [0.1, 0.15) is 0 Å². The number of hydrogen-bond acceptors (Lipinski definition) is 3. The van der Waals surface area contributed by atoms with Crippen LogP contribution in [0.1, 0.15) is 26.2 Å². The number of carbonyl (C=O) groups is 1. The maximum atomic E-state index is 11.6. The van der Waals surface area contributed by atoms with Crippen molar-refractivity contribution in [1.82, 2.24) is 0 Å². The average molecular weight is 276 g/mol. The van der Waals surface area contributed by atoms with Gasteiger partial charge in [-0.2, -0.15) is 11.8 Å². The van der Waals surface area contributed by atoms with Gasteiger partial charge in [0.2, 0.25) is 5.91 Å². The second-order valence-electron chi connectivity index (χ2n) is 5.56. The van der Waals surface area contributed by atoms with E-state index in [0.717, 1.165) is 29.5 Å². The van der Waals surface area contributed by atoms with E-state index in [4.69, 9.17) is 0 Å². The number of benzene rings is 1. The van der Waals surface area contributed by atoms with E-state index in [1.807, 2.05) is 23.9 Å². The molecule has 1 amide bonds. The van der Waals surface area contributed by atoms with Crippen molar-refractivity contribution in [3.8, 4) is 0 Å². The number of thioether (sulfide) groups is 1. The standard InChI is InChI=1S/C15H20N2OS/c1-10-8-14(9-19-10)16-12-4-6-13(7-5-12)17-15(18)11-2-3-11/h4-7,10-11,14,16H,2-3,8-9H2,1H3,(H,17,18). The minimum Gasteiger partial charge on any atom is -0.381 e. The van der Waals surface area contributed by atoms with Crippen LogP contribution in [0, 0.1) is 5.92 Å². The molecule has 102 valence electrons. The van der Waals surface area contributed by atoms with Crippen LogP contribution < -0.4 is 10.6 Å². The van der Waals surface area contributed by atoms with Crippen molar-refractivity contribution < 1.29 is 4.79 Å². The first-order chi connectivity index (χ1) is 9.20. The third-order valence-electron chi connectivity index (χ3n) is 3.67. The SMILES string of the molecule is CC1CC(Nc2ccc(NC(=O)C3CC3)cc2)CS1. The van der Waals surface area contributed by atoms with Crippen LogP contribution in [0.3, 0.4) is 0 Å². The van der Waals surface area contributed by atoms with E-state index in [-0.39, 0.29) is 11.8 Å². The smallest absolute Gasteiger partial charge is 0.227 e. The number of anilines is 2. The number of rotatable bonds is 4. The van der Waals surface area contributed by atoms with E-state index in [1.54, 1.807) is 0 Å². The second kappa shape index (κ2) is 5.45. The zero-order valence-corrected chi connectivity index (χ0v) is 12.0. The van der Waals surface area contributed by atoms with Gasteiger partial charge in [0, 0.05) is 34.3 Å². The first kappa shape index (κ1) is 12.9. The van der Waals surface area contributed by atoms with Crippen molar-refractivity contribution >= 4 is 29.0 Å². The first-order valence-electron chi connectivity index (χ1n) is 7.00. The molecule has 2 aliphatic rings. The van der Waals surface area contributed by atoms with E-state index < -0.39 is 0 Å². The van der Waals surface area contributed by atoms with Gasteiger partial charge in [-0.05, 0) is 43.5 Å². The lowest BCUT2D eigenvalue weighted by Crippen LogP contribution is -2.19. The summed E-state index contributed by atoms with van der Waals surface area (Å²) in [5.74, 6) is 1.61. The average Bonchev–Trinajstić information content (AvgIpc) is 3.17. The molecule has 19 heavy (non-hydrogen) atoms. The monoisotopic (exact) mass is 276 g/mol. The molecule has 2 fully saturated rings. The Balaban J connectivity index is 1.54. The van der Waals surface area contributed by atoms with Crippen LogP contribution in [0.4, 0.5) is 11.4 Å². The number of hydrogen-bond donors (Lipinski definition) is 2. The number of amides is 1. The highest BCUT2D eigenvalue weighted by atomic mass is 32.2. The van der Waals surface area contributed by atoms with Crippen LogP contribution in [0.25, 0.3) is 0 Å². The van der Waals surface area contributed by atoms with Crippen LogP contribution in [-0.4, -0.2) is 23.0 Å². The summed E-state index contributed by atoms with van der Waals surface area (Å²) in [6.45, 7) is 2.28. The molecule has 2 unspecified atom stereocenters. The predicted molar refractivity (Wildman–Crippen MR) is 81.7 cm³/mol. The summed E-state index contributed by atoms with van der Waals surface area (Å²) < 4.78 is 0. The third kappa shape index (κ3) is 3.44. The summed E-state index contributed by atoms with van der Waals surface area (Å²) in [7, 11) is 0. The molecule has 3 rings (SSSR count). The third-order valence-corrected chi connectivity index (χ3v) is 5.03. The molecule has 2 atom stereocenters. The van der Waals surface area contributed by atoms with Crippen LogP contribution in [-0.2, 0) is 4.79 Å². The molecule has 1 aromatic carbocycles. The highest BCUT2D eigenvalue weighted by Crippen LogP contribution is 2.31. The Hall–Kier alpha value is -1.16. The quantitative estimate of drug-likeness (QED) is 0.886. The van der Waals surface area contributed by atoms with Gasteiger partial charge >= 0.3 is 0 Å². The maximum Gasteiger partial charge on any atom is 0.227 e. The summed E-state index contributed by atoms with van der Waals surface area (Å²) in [6.07, 6.45) is 3.32. The molecule has 1 aliphatic carbocycles. The van der Waals surface area contributed by atoms with Crippen LogP contribution in [0.15, 0.2) is 24.3 Å². The van der Waals surface area contributed by atoms with Crippen molar-refractivity contribution in [2.24, 2.45) is 5.92 Å². The van der Waals surface area contributed by atoms with Crippen LogP contribution in [0.5, 0.6) is 0 Å². The zero-order chi connectivity index (χ0) is 13.2. The van der Waals surface area contributed by atoms with Gasteiger partial charge in [-0.3, -0.25) is 4.79 Å². The fraction of sp³-hybridized carbons (Fsp3) is 0.533. The molecule has 0 spiro atoms. The first-order valence-corrected chi connectivity index (χ1v) is 8.04. The molecule has 1 heterocycles. The molecule has 1 aliphatic heterocycles. The Morgan fingerprint density at radius 3 is 2.47 bits per heavy atom. The molecule has 2 N–H and O–H groups in total. The Labute approximate surface area is 118 Å². The summed E-state index contributed by atoms with van der Waals surface area (Å²) in [6, 6.07) is 8.64. The van der Waals surface area contributed by atoms with E-state index in [2.05, 4.69) is 29.7 Å². The van der Waals surface area contributed by atoms with Gasteiger partial charge in [0.25, 0.3) is 0 Å². The number of carbonyl (C=O) groups excluding carboxylic acids is 1. The summed E-state index contributed by atoms with van der Waals surface area (Å²) in [5, 5.41) is 7.27. The molecule has 3 nitrogen and oxygen atoms in total. The Kier molecular flexibility index (Phi) is 3.69. The summed E-state index contributed by atoms with van der Waals surface area (Å²) in [4.78, 5) is 11.6. The molecule has 1 saturated carbocycles. The van der Waals surface area contributed by atoms with Crippen molar-refractivity contribution in [3.63, 3.8) is 0 Å². The predicted octanol–water partition coefficient (Wildman–Crippen LogP) is 3.34. The van der Waals surface area contributed by atoms with Gasteiger partial charge in [0.05, 0.1) is 0 Å². The van der Waals surface area contributed by atoms with Crippen molar-refractivity contribution in [1.29, 1.82) is 0 Å². The second-order valence-corrected chi connectivity index (χ2v) is 7.03. The zero-order valence-electron chi connectivity index (χ0n) is 11.2. The van der Waals surface area contributed by atoms with E-state index in [1.165, 1.54) is 12.2 Å². The highest BCUT2D eigenvalue weighted by Gasteiger charge is 2.29. The molecular weight excluding hydrogens is 256 g/mol. The van der Waals surface area contributed by atoms with Crippen molar-refractivity contribution in [3.05, 3.63) is 24.3 Å². The minimum atomic E-state index is 0.168. The highest BCUT2D eigenvalue weighted by molar-refractivity contribution is 8.00. The topological polar surface area (TPSA) is 41.1 Å². The van der Waals surface area contributed by atoms with Crippen molar-refractivity contribution in [2.75, 3.05) is 16.4 Å². The van der Waals surface area contributed by atoms with Gasteiger partial charge in [-0.25, -0.2) is 0 Å². The molecule has 4 heteroatoms. The molecule has 1 saturated heterocycles. The van der Waals surface area contributed by atoms with E-state index in [0.29, 0.717) is 6.04 Å². The Morgan fingerprint density at radius 2 is 1.89 bits per heavy atom. The molecule has 0 radical (unpaired) electrons. The largest absolute Gasteiger partial charge is 0.381 e. The van der Waals surface area contributed by atoms with Gasteiger partial charge in [-0.15, -0.1) is 0 Å². The summed E-state index contributed by atoms with van der Waals surface area (Å²) in [5.41, 5.74) is 2.04. The Morgan fingerprint density at radius 1 is 1.21 bits per heavy atom. The van der Waals surface area contributed by atoms with Gasteiger partial charge < -0.3 is 10.6 Å². The minimum absolute atomic E-state index is 0.168. The lowest BCUT2D eigenvalue weighted by molar-refractivity contribution is -0.117. The summed E-state index contributed by atoms with van der Waals surface area (Å²) >= 11 is 2.03. The fourth-order valence-corrected chi connectivity index (χ4v) is 3.54. The lowest BCUT2D eigenvalue weighted by atomic mass is 10.2. The fourth-order valence-electron chi connectivity index (χ4n) is 2.39. The molecule has 0 aromatic heterocycles. The molecular formula is C15H20N2OS. The maximum absolute atomic E-state index is 11.6. The Bertz CT molecular complexity index is 456. The van der Waals surface area contributed by atoms with Gasteiger partial charge in [-0.1, -0.05) is 6.92 Å². The van der Waals surface area contributed by atoms with E-state index in [9.17, 15) is 4.79 Å².